The molecule has 0 spiro atoms. The van der Waals surface area contributed by atoms with E-state index in [2.05, 4.69) is 18.7 Å². The van der Waals surface area contributed by atoms with E-state index in [-0.39, 0.29) is 0 Å². The van der Waals surface area contributed by atoms with Gasteiger partial charge in [-0.2, -0.15) is 0 Å². The fraction of sp³-hybridized carbons (Fsp3) is 1.00. The molecule has 1 fully saturated rings. The number of piperidine rings is 1. The second-order valence-electron chi connectivity index (χ2n) is 4.48. The van der Waals surface area contributed by atoms with E-state index in [1.165, 1.54) is 19.4 Å². The molecule has 3 nitrogen and oxygen atoms in total. The van der Waals surface area contributed by atoms with Gasteiger partial charge in [0.15, 0.2) is 0 Å². The summed E-state index contributed by atoms with van der Waals surface area (Å²) in [6.45, 7) is 8.47. The van der Waals surface area contributed by atoms with Crippen molar-refractivity contribution >= 4 is 0 Å². The van der Waals surface area contributed by atoms with Gasteiger partial charge in [0, 0.05) is 25.7 Å². The number of nitrogens with two attached hydrogens (primary N) is 1. The zero-order valence-corrected chi connectivity index (χ0v) is 9.54. The van der Waals surface area contributed by atoms with Crippen LogP contribution < -0.4 is 5.73 Å². The normalized spacial score (nSPS) is 24.4. The molecule has 0 aromatic rings. The Bertz CT molecular complexity index is 150. The number of hydrogen-bond acceptors (Lipinski definition) is 3. The van der Waals surface area contributed by atoms with Crippen molar-refractivity contribution in [1.29, 1.82) is 0 Å². The Labute approximate surface area is 87.6 Å². The average Bonchev–Trinajstić information content (AvgIpc) is 2.12. The molecule has 0 amide bonds. The maximum Gasteiger partial charge on any atom is 0.0518 e. The standard InChI is InChI=1S/C11H24N2O/c1-10(2)14-8-4-7-13-6-3-5-11(12)9-13/h10-11H,3-9,12H2,1-2H3/t11-/m0/s1. The van der Waals surface area contributed by atoms with Crippen LogP contribution in [0.25, 0.3) is 0 Å². The van der Waals surface area contributed by atoms with E-state index in [0.29, 0.717) is 12.1 Å². The molecule has 0 bridgehead atoms. The van der Waals surface area contributed by atoms with Crippen LogP contribution in [-0.2, 0) is 4.74 Å². The van der Waals surface area contributed by atoms with Gasteiger partial charge in [-0.15, -0.1) is 0 Å². The Morgan fingerprint density at radius 3 is 2.93 bits per heavy atom. The second kappa shape index (κ2) is 6.38. The third-order valence-corrected chi connectivity index (χ3v) is 2.61. The minimum Gasteiger partial charge on any atom is -0.379 e. The van der Waals surface area contributed by atoms with E-state index < -0.39 is 0 Å². The predicted molar refractivity (Wildman–Crippen MR) is 59.4 cm³/mol. The SMILES string of the molecule is CC(C)OCCCN1CCC[C@H](N)C1. The zero-order valence-electron chi connectivity index (χ0n) is 9.54. The maximum atomic E-state index is 5.90. The number of likely N-dealkylation sites (tertiary alicyclic amines) is 1. The van der Waals surface area contributed by atoms with Crippen LogP contribution in [0.2, 0.25) is 0 Å². The summed E-state index contributed by atoms with van der Waals surface area (Å²) in [7, 11) is 0. The van der Waals surface area contributed by atoms with Crippen LogP contribution in [0.1, 0.15) is 33.1 Å². The molecule has 1 aliphatic rings. The van der Waals surface area contributed by atoms with Crippen LogP contribution in [0.15, 0.2) is 0 Å². The Hall–Kier alpha value is -0.120. The van der Waals surface area contributed by atoms with Gasteiger partial charge in [-0.3, -0.25) is 0 Å². The molecule has 3 heteroatoms. The third kappa shape index (κ3) is 4.94. The van der Waals surface area contributed by atoms with E-state index >= 15 is 0 Å². The van der Waals surface area contributed by atoms with Gasteiger partial charge < -0.3 is 15.4 Å². The van der Waals surface area contributed by atoms with Crippen molar-refractivity contribution in [3.05, 3.63) is 0 Å². The molecular formula is C11H24N2O. The van der Waals surface area contributed by atoms with Crippen molar-refractivity contribution in [2.75, 3.05) is 26.2 Å². The van der Waals surface area contributed by atoms with Crippen LogP contribution in [0, 0.1) is 0 Å². The lowest BCUT2D eigenvalue weighted by atomic mass is 10.1. The van der Waals surface area contributed by atoms with Gasteiger partial charge in [0.1, 0.15) is 0 Å². The van der Waals surface area contributed by atoms with Crippen LogP contribution in [0.4, 0.5) is 0 Å². The molecule has 1 rings (SSSR count). The molecule has 0 unspecified atom stereocenters. The molecule has 1 aliphatic heterocycles. The summed E-state index contributed by atoms with van der Waals surface area (Å²) >= 11 is 0. The van der Waals surface area contributed by atoms with E-state index in [0.717, 1.165) is 26.1 Å². The highest BCUT2D eigenvalue weighted by molar-refractivity contribution is 4.74. The van der Waals surface area contributed by atoms with Crippen molar-refractivity contribution in [2.45, 2.75) is 45.3 Å². The first-order chi connectivity index (χ1) is 6.68. The summed E-state index contributed by atoms with van der Waals surface area (Å²) in [5.74, 6) is 0. The van der Waals surface area contributed by atoms with Gasteiger partial charge in [-0.1, -0.05) is 0 Å². The van der Waals surface area contributed by atoms with E-state index in [4.69, 9.17) is 10.5 Å². The first-order valence-corrected chi connectivity index (χ1v) is 5.78. The predicted octanol–water partition coefficient (Wildman–Crippen LogP) is 1.22. The summed E-state index contributed by atoms with van der Waals surface area (Å²) in [4.78, 5) is 2.46. The Morgan fingerprint density at radius 1 is 1.50 bits per heavy atom. The molecule has 1 heterocycles. The molecule has 0 aromatic heterocycles. The zero-order chi connectivity index (χ0) is 10.4. The molecule has 84 valence electrons. The number of nitrogens with zero attached hydrogens (tertiary/aromatic N) is 1. The summed E-state index contributed by atoms with van der Waals surface area (Å²) in [6, 6.07) is 0.398. The van der Waals surface area contributed by atoms with Crippen LogP contribution >= 0.6 is 0 Å². The monoisotopic (exact) mass is 200 g/mol. The summed E-state index contributed by atoms with van der Waals surface area (Å²) < 4.78 is 5.50. The number of hydrogen-bond donors (Lipinski definition) is 1. The minimum atomic E-state index is 0.360. The van der Waals surface area contributed by atoms with Gasteiger partial charge in [0.05, 0.1) is 6.10 Å². The van der Waals surface area contributed by atoms with Crippen LogP contribution in [-0.4, -0.2) is 43.3 Å². The van der Waals surface area contributed by atoms with Gasteiger partial charge >= 0.3 is 0 Å². The van der Waals surface area contributed by atoms with Gasteiger partial charge in [-0.25, -0.2) is 0 Å². The minimum absolute atomic E-state index is 0.360. The fourth-order valence-electron chi connectivity index (χ4n) is 1.90. The van der Waals surface area contributed by atoms with E-state index in [9.17, 15) is 0 Å². The Kier molecular flexibility index (Phi) is 5.45. The first kappa shape index (κ1) is 12.0. The second-order valence-corrected chi connectivity index (χ2v) is 4.48. The molecule has 1 saturated heterocycles. The lowest BCUT2D eigenvalue weighted by Gasteiger charge is -2.30. The molecule has 0 saturated carbocycles. The summed E-state index contributed by atoms with van der Waals surface area (Å²) in [5, 5.41) is 0. The molecule has 0 radical (unpaired) electrons. The van der Waals surface area contributed by atoms with Gasteiger partial charge in [-0.05, 0) is 39.7 Å². The molecule has 14 heavy (non-hydrogen) atoms. The Balaban J connectivity index is 2.00. The van der Waals surface area contributed by atoms with Crippen molar-refractivity contribution in [3.8, 4) is 0 Å². The Morgan fingerprint density at radius 2 is 2.29 bits per heavy atom. The smallest absolute Gasteiger partial charge is 0.0518 e. The quantitative estimate of drug-likeness (QED) is 0.678. The number of ether oxygens (including phenoxy) is 1. The highest BCUT2D eigenvalue weighted by Crippen LogP contribution is 2.08. The summed E-state index contributed by atoms with van der Waals surface area (Å²) in [5.41, 5.74) is 5.90. The molecule has 1 atom stereocenters. The van der Waals surface area contributed by atoms with Crippen LogP contribution in [0.3, 0.4) is 0 Å². The van der Waals surface area contributed by atoms with Gasteiger partial charge in [0.2, 0.25) is 0 Å². The van der Waals surface area contributed by atoms with Crippen molar-refractivity contribution in [2.24, 2.45) is 5.73 Å². The fourth-order valence-corrected chi connectivity index (χ4v) is 1.90. The largest absolute Gasteiger partial charge is 0.379 e. The molecule has 2 N–H and O–H groups in total. The molecule has 0 aliphatic carbocycles. The highest BCUT2D eigenvalue weighted by atomic mass is 16.5. The maximum absolute atomic E-state index is 5.90. The van der Waals surface area contributed by atoms with E-state index in [1.54, 1.807) is 0 Å². The third-order valence-electron chi connectivity index (χ3n) is 2.61. The lowest BCUT2D eigenvalue weighted by molar-refractivity contribution is 0.0682. The molecule has 0 aromatic carbocycles. The van der Waals surface area contributed by atoms with Crippen LogP contribution in [0.5, 0.6) is 0 Å². The van der Waals surface area contributed by atoms with Gasteiger partial charge in [0.25, 0.3) is 0 Å². The first-order valence-electron chi connectivity index (χ1n) is 5.78. The number of rotatable bonds is 5. The average molecular weight is 200 g/mol. The van der Waals surface area contributed by atoms with Crippen molar-refractivity contribution < 1.29 is 4.74 Å². The van der Waals surface area contributed by atoms with E-state index in [1.807, 2.05) is 0 Å². The lowest BCUT2D eigenvalue weighted by Crippen LogP contribution is -2.43. The topological polar surface area (TPSA) is 38.5 Å². The summed E-state index contributed by atoms with van der Waals surface area (Å²) in [6.07, 6.45) is 3.94. The molecular weight excluding hydrogens is 176 g/mol. The van der Waals surface area contributed by atoms with Crippen molar-refractivity contribution in [3.63, 3.8) is 0 Å². The van der Waals surface area contributed by atoms with Crippen molar-refractivity contribution in [1.82, 2.24) is 4.90 Å². The highest BCUT2D eigenvalue weighted by Gasteiger charge is 2.15.